The number of thiazole rings is 1. The van der Waals surface area contributed by atoms with E-state index in [9.17, 15) is 8.42 Å². The maximum Gasteiger partial charge on any atom is 0.273 e. The number of rotatable bonds is 3. The van der Waals surface area contributed by atoms with Gasteiger partial charge in [0, 0.05) is 12.1 Å². The van der Waals surface area contributed by atoms with Crippen molar-refractivity contribution in [3.05, 3.63) is 23.3 Å². The third-order valence-electron chi connectivity index (χ3n) is 2.82. The van der Waals surface area contributed by atoms with Gasteiger partial charge in [0.1, 0.15) is 13.2 Å². The minimum Gasteiger partial charge on any atom is -0.486 e. The maximum atomic E-state index is 12.3. The number of nitrogen functional groups attached to an aromatic ring is 1. The number of sulfonamides is 1. The number of benzene rings is 1. The van der Waals surface area contributed by atoms with Crippen molar-refractivity contribution in [2.24, 2.45) is 0 Å². The second-order valence-electron chi connectivity index (χ2n) is 4.39. The molecule has 0 saturated heterocycles. The second-order valence-corrected chi connectivity index (χ2v) is 7.53. The maximum absolute atomic E-state index is 12.3. The molecule has 1 aliphatic rings. The normalized spacial score (nSPS) is 14.0. The summed E-state index contributed by atoms with van der Waals surface area (Å²) in [6.45, 7) is 2.59. The third-order valence-corrected chi connectivity index (χ3v) is 5.56. The molecular weight excluding hydrogens is 314 g/mol. The van der Waals surface area contributed by atoms with Crippen LogP contribution in [0.15, 0.2) is 22.5 Å². The van der Waals surface area contributed by atoms with E-state index in [-0.39, 0.29) is 15.6 Å². The van der Waals surface area contributed by atoms with Crippen LogP contribution in [0, 0.1) is 6.92 Å². The van der Waals surface area contributed by atoms with Crippen LogP contribution in [0.1, 0.15) is 5.01 Å². The second kappa shape index (κ2) is 5.08. The van der Waals surface area contributed by atoms with E-state index in [0.717, 1.165) is 11.3 Å². The van der Waals surface area contributed by atoms with Gasteiger partial charge in [-0.1, -0.05) is 0 Å². The zero-order valence-electron chi connectivity index (χ0n) is 11.1. The van der Waals surface area contributed by atoms with Gasteiger partial charge in [0.15, 0.2) is 15.7 Å². The van der Waals surface area contributed by atoms with Crippen LogP contribution in [0.5, 0.6) is 11.5 Å². The molecule has 3 N–H and O–H groups in total. The van der Waals surface area contributed by atoms with Crippen molar-refractivity contribution in [3.63, 3.8) is 0 Å². The molecule has 21 heavy (non-hydrogen) atoms. The molecule has 0 amide bonds. The van der Waals surface area contributed by atoms with Gasteiger partial charge in [-0.05, 0) is 6.92 Å². The largest absolute Gasteiger partial charge is 0.486 e. The monoisotopic (exact) mass is 327 g/mol. The van der Waals surface area contributed by atoms with E-state index in [1.54, 1.807) is 13.0 Å². The summed E-state index contributed by atoms with van der Waals surface area (Å²) in [5.74, 6) is 0.976. The zero-order valence-corrected chi connectivity index (χ0v) is 12.8. The van der Waals surface area contributed by atoms with Gasteiger partial charge in [-0.15, -0.1) is 11.3 Å². The lowest BCUT2D eigenvalue weighted by Gasteiger charge is -2.20. The van der Waals surface area contributed by atoms with E-state index in [4.69, 9.17) is 15.2 Å². The van der Waals surface area contributed by atoms with Crippen molar-refractivity contribution in [3.8, 4) is 11.5 Å². The molecule has 1 aliphatic heterocycles. The van der Waals surface area contributed by atoms with E-state index in [1.165, 1.54) is 12.3 Å². The van der Waals surface area contributed by atoms with E-state index in [1.807, 2.05) is 0 Å². The van der Waals surface area contributed by atoms with Crippen molar-refractivity contribution >= 4 is 32.7 Å². The molecule has 1 aromatic carbocycles. The highest BCUT2D eigenvalue weighted by molar-refractivity contribution is 7.94. The molecule has 7 nitrogen and oxygen atoms in total. The Morgan fingerprint density at radius 1 is 1.29 bits per heavy atom. The fourth-order valence-electron chi connectivity index (χ4n) is 1.85. The lowest BCUT2D eigenvalue weighted by atomic mass is 10.2. The number of nitrogens with one attached hydrogen (secondary N) is 1. The molecule has 0 bridgehead atoms. The third kappa shape index (κ3) is 2.74. The molecular formula is C12H13N3O4S2. The molecule has 0 saturated carbocycles. The molecule has 112 valence electrons. The average molecular weight is 327 g/mol. The summed E-state index contributed by atoms with van der Waals surface area (Å²) in [6.07, 6.45) is 1.32. The number of fused-ring (bicyclic) bond motifs is 1. The number of nitrogens with zero attached hydrogens (tertiary/aromatic N) is 1. The lowest BCUT2D eigenvalue weighted by Crippen LogP contribution is -2.17. The van der Waals surface area contributed by atoms with Gasteiger partial charge >= 0.3 is 0 Å². The van der Waals surface area contributed by atoms with Crippen molar-refractivity contribution in [2.45, 2.75) is 11.1 Å². The molecule has 9 heteroatoms. The van der Waals surface area contributed by atoms with Crippen molar-refractivity contribution in [1.29, 1.82) is 0 Å². The first-order valence-electron chi connectivity index (χ1n) is 6.10. The van der Waals surface area contributed by atoms with Crippen LogP contribution >= 0.6 is 11.3 Å². The molecule has 2 aromatic rings. The van der Waals surface area contributed by atoms with Gasteiger partial charge < -0.3 is 15.2 Å². The van der Waals surface area contributed by atoms with Gasteiger partial charge in [0.2, 0.25) is 0 Å². The van der Waals surface area contributed by atoms with Crippen LogP contribution in [-0.4, -0.2) is 26.6 Å². The first-order chi connectivity index (χ1) is 9.95. The standard InChI is InChI=1S/C12H13N3O4S2/c1-7-14-6-12(20-7)21(16,17)15-9-5-11-10(4-8(9)13)18-2-3-19-11/h4-6,15H,2-3,13H2,1H3. The Morgan fingerprint density at radius 3 is 2.57 bits per heavy atom. The summed E-state index contributed by atoms with van der Waals surface area (Å²) >= 11 is 1.09. The highest BCUT2D eigenvalue weighted by atomic mass is 32.2. The summed E-state index contributed by atoms with van der Waals surface area (Å²) in [5, 5.41) is 0.672. The van der Waals surface area contributed by atoms with Crippen LogP contribution in [0.25, 0.3) is 0 Å². The van der Waals surface area contributed by atoms with Gasteiger partial charge in [0.05, 0.1) is 22.6 Å². The molecule has 2 heterocycles. The molecule has 0 unspecified atom stereocenters. The lowest BCUT2D eigenvalue weighted by molar-refractivity contribution is 0.172. The Labute approximate surface area is 125 Å². The molecule has 1 aromatic heterocycles. The van der Waals surface area contributed by atoms with Gasteiger partial charge in [-0.25, -0.2) is 13.4 Å². The minimum absolute atomic E-state index is 0.134. The SMILES string of the molecule is Cc1ncc(S(=O)(=O)Nc2cc3c(cc2N)OCCO3)s1. The number of hydrogen-bond donors (Lipinski definition) is 2. The van der Waals surface area contributed by atoms with E-state index in [0.29, 0.717) is 29.7 Å². The molecule has 3 rings (SSSR count). The highest BCUT2D eigenvalue weighted by Crippen LogP contribution is 2.37. The van der Waals surface area contributed by atoms with Crippen molar-refractivity contribution < 1.29 is 17.9 Å². The first-order valence-corrected chi connectivity index (χ1v) is 8.40. The van der Waals surface area contributed by atoms with Crippen molar-refractivity contribution in [2.75, 3.05) is 23.7 Å². The predicted octanol–water partition coefficient (Wildman–Crippen LogP) is 1.61. The summed E-state index contributed by atoms with van der Waals surface area (Å²) in [4.78, 5) is 3.94. The highest BCUT2D eigenvalue weighted by Gasteiger charge is 2.21. The summed E-state index contributed by atoms with van der Waals surface area (Å²) in [6, 6.07) is 3.07. The fourth-order valence-corrected chi connectivity index (χ4v) is 4.04. The van der Waals surface area contributed by atoms with E-state index >= 15 is 0 Å². The van der Waals surface area contributed by atoms with Crippen LogP contribution in [0.2, 0.25) is 0 Å². The Balaban J connectivity index is 1.94. The van der Waals surface area contributed by atoms with Crippen LogP contribution in [0.4, 0.5) is 11.4 Å². The fraction of sp³-hybridized carbons (Fsp3) is 0.250. The van der Waals surface area contributed by atoms with Gasteiger partial charge in [-0.3, -0.25) is 4.72 Å². The van der Waals surface area contributed by atoms with Crippen molar-refractivity contribution in [1.82, 2.24) is 4.98 Å². The number of ether oxygens (including phenoxy) is 2. The van der Waals surface area contributed by atoms with Crippen LogP contribution in [0.3, 0.4) is 0 Å². The molecule has 0 aliphatic carbocycles. The van der Waals surface area contributed by atoms with E-state index in [2.05, 4.69) is 9.71 Å². The number of anilines is 2. The van der Waals surface area contributed by atoms with Gasteiger partial charge in [0.25, 0.3) is 10.0 Å². The summed E-state index contributed by atoms with van der Waals surface area (Å²) in [5.41, 5.74) is 6.38. The number of aryl methyl sites for hydroxylation is 1. The zero-order chi connectivity index (χ0) is 15.0. The Bertz CT molecular complexity index is 786. The molecule has 0 spiro atoms. The topological polar surface area (TPSA) is 104 Å². The Morgan fingerprint density at radius 2 is 1.95 bits per heavy atom. The van der Waals surface area contributed by atoms with Gasteiger partial charge in [-0.2, -0.15) is 0 Å². The number of hydrogen-bond acceptors (Lipinski definition) is 7. The van der Waals surface area contributed by atoms with E-state index < -0.39 is 10.0 Å². The summed E-state index contributed by atoms with van der Waals surface area (Å²) < 4.78 is 37.9. The molecule has 0 atom stereocenters. The Kier molecular flexibility index (Phi) is 3.38. The predicted molar refractivity (Wildman–Crippen MR) is 79.5 cm³/mol. The van der Waals surface area contributed by atoms with Crippen LogP contribution in [-0.2, 0) is 10.0 Å². The molecule has 0 fully saturated rings. The van der Waals surface area contributed by atoms with Crippen LogP contribution < -0.4 is 19.9 Å². The Hall–Kier alpha value is -2.00. The molecule has 0 radical (unpaired) electrons. The quantitative estimate of drug-likeness (QED) is 0.830. The first kappa shape index (κ1) is 14.0. The number of nitrogens with two attached hydrogens (primary N) is 1. The smallest absolute Gasteiger partial charge is 0.273 e. The number of aromatic nitrogens is 1. The summed E-state index contributed by atoms with van der Waals surface area (Å²) in [7, 11) is -3.71. The minimum atomic E-state index is -3.71. The average Bonchev–Trinajstić information content (AvgIpc) is 2.87.